The van der Waals surface area contributed by atoms with Crippen molar-refractivity contribution in [3.8, 4) is 0 Å². The quantitative estimate of drug-likeness (QED) is 0.500. The van der Waals surface area contributed by atoms with Gasteiger partial charge in [-0.2, -0.15) is 0 Å². The molecule has 0 saturated carbocycles. The van der Waals surface area contributed by atoms with E-state index in [-0.39, 0.29) is 6.61 Å². The van der Waals surface area contributed by atoms with E-state index in [2.05, 4.69) is 13.0 Å². The molecule has 0 atom stereocenters. The lowest BCUT2D eigenvalue weighted by atomic mass is 10.2. The third kappa shape index (κ3) is 3.88. The van der Waals surface area contributed by atoms with Crippen molar-refractivity contribution in [1.82, 2.24) is 0 Å². The minimum atomic E-state index is 0.0301. The van der Waals surface area contributed by atoms with Gasteiger partial charge in [0.15, 0.2) is 0 Å². The molecular weight excluding hydrogens is 100 g/mol. The van der Waals surface area contributed by atoms with E-state index >= 15 is 0 Å². The van der Waals surface area contributed by atoms with Crippen LogP contribution in [0.15, 0.2) is 11.6 Å². The summed E-state index contributed by atoms with van der Waals surface area (Å²) in [4.78, 5) is 0. The van der Waals surface area contributed by atoms with Gasteiger partial charge in [-0.1, -0.05) is 18.6 Å². The van der Waals surface area contributed by atoms with E-state index in [0.717, 1.165) is 6.42 Å². The summed E-state index contributed by atoms with van der Waals surface area (Å²) in [5, 5.41) is 9.97. The van der Waals surface area contributed by atoms with Crippen molar-refractivity contribution in [1.29, 1.82) is 0 Å². The average molecular weight is 113 g/mol. The highest BCUT2D eigenvalue weighted by atomic mass is 16.2. The molecule has 0 heterocycles. The van der Waals surface area contributed by atoms with Crippen molar-refractivity contribution >= 4 is 0 Å². The van der Waals surface area contributed by atoms with Crippen molar-refractivity contribution in [2.24, 2.45) is 0 Å². The van der Waals surface area contributed by atoms with Gasteiger partial charge < -0.3 is 0 Å². The van der Waals surface area contributed by atoms with Crippen molar-refractivity contribution in [2.45, 2.75) is 26.7 Å². The molecule has 0 amide bonds. The molecule has 1 radical (unpaired) electrons. The number of hydrogen-bond acceptors (Lipinski definition) is 0. The number of allylic oxidation sites excluding steroid dienone is 1. The molecule has 8 heavy (non-hydrogen) atoms. The molecule has 0 rings (SSSR count). The van der Waals surface area contributed by atoms with Crippen LogP contribution in [0, 0.1) is 0 Å². The van der Waals surface area contributed by atoms with Crippen molar-refractivity contribution in [3.05, 3.63) is 11.6 Å². The zero-order chi connectivity index (χ0) is 6.41. The van der Waals surface area contributed by atoms with E-state index in [9.17, 15) is 5.11 Å². The Bertz CT molecular complexity index is 74.5. The van der Waals surface area contributed by atoms with Crippen LogP contribution in [0.25, 0.3) is 0 Å². The Morgan fingerprint density at radius 2 is 2.25 bits per heavy atom. The molecule has 47 valence electrons. The first kappa shape index (κ1) is 7.70. The van der Waals surface area contributed by atoms with Crippen LogP contribution in [0.1, 0.15) is 26.7 Å². The Labute approximate surface area is 51.0 Å². The Morgan fingerprint density at radius 3 is 2.62 bits per heavy atom. The topological polar surface area (TPSA) is 19.9 Å². The van der Waals surface area contributed by atoms with E-state index in [0.29, 0.717) is 6.42 Å². The summed E-state index contributed by atoms with van der Waals surface area (Å²) in [6.07, 6.45) is 3.86. The second-order valence-electron chi connectivity index (χ2n) is 1.91. The van der Waals surface area contributed by atoms with E-state index in [1.165, 1.54) is 5.57 Å². The third-order valence-corrected chi connectivity index (χ3v) is 1.05. The minimum absolute atomic E-state index is 0.0301. The van der Waals surface area contributed by atoms with Crippen LogP contribution in [0.4, 0.5) is 0 Å². The Morgan fingerprint density at radius 1 is 1.62 bits per heavy atom. The molecule has 0 unspecified atom stereocenters. The molecule has 0 aromatic carbocycles. The van der Waals surface area contributed by atoms with Crippen LogP contribution in [-0.4, -0.2) is 6.61 Å². The molecule has 1 heteroatoms. The van der Waals surface area contributed by atoms with Crippen molar-refractivity contribution in [3.63, 3.8) is 0 Å². The van der Waals surface area contributed by atoms with E-state index in [4.69, 9.17) is 0 Å². The molecule has 0 aliphatic carbocycles. The lowest BCUT2D eigenvalue weighted by Gasteiger charge is -1.91. The molecule has 0 aromatic heterocycles. The maximum Gasteiger partial charge on any atom is 0.0859 e. The summed E-state index contributed by atoms with van der Waals surface area (Å²) in [7, 11) is 0. The summed E-state index contributed by atoms with van der Waals surface area (Å²) < 4.78 is 0. The second kappa shape index (κ2) is 4.85. The molecule has 0 aromatic rings. The van der Waals surface area contributed by atoms with Gasteiger partial charge in [0.25, 0.3) is 0 Å². The lowest BCUT2D eigenvalue weighted by molar-refractivity contribution is 0.197. The van der Waals surface area contributed by atoms with Gasteiger partial charge in [0, 0.05) is 0 Å². The zero-order valence-electron chi connectivity index (χ0n) is 5.61. The summed E-state index contributed by atoms with van der Waals surface area (Å²) in [5.41, 5.74) is 1.22. The first-order chi connectivity index (χ1) is 3.81. The third-order valence-electron chi connectivity index (χ3n) is 1.05. The smallest absolute Gasteiger partial charge is 0.0859 e. The van der Waals surface area contributed by atoms with Gasteiger partial charge >= 0.3 is 0 Å². The standard InChI is InChI=1S/C7H13O/c1-3-4-7(2)5-6-8/h4H,3,5-6H2,1-2H3. The van der Waals surface area contributed by atoms with E-state index in [1.807, 2.05) is 6.92 Å². The largest absolute Gasteiger partial charge is 0.236 e. The molecule has 0 saturated heterocycles. The van der Waals surface area contributed by atoms with Gasteiger partial charge in [0.05, 0.1) is 6.61 Å². The minimum Gasteiger partial charge on any atom is -0.236 e. The van der Waals surface area contributed by atoms with Crippen molar-refractivity contribution < 1.29 is 5.11 Å². The number of hydrogen-bond donors (Lipinski definition) is 0. The molecule has 0 aliphatic rings. The Kier molecular flexibility index (Phi) is 4.67. The fourth-order valence-electron chi connectivity index (χ4n) is 0.612. The monoisotopic (exact) mass is 113 g/mol. The first-order valence-corrected chi connectivity index (χ1v) is 3.05. The maximum absolute atomic E-state index is 9.97. The summed E-state index contributed by atoms with van der Waals surface area (Å²) in [5.74, 6) is 0. The lowest BCUT2D eigenvalue weighted by Crippen LogP contribution is -1.80. The Hall–Kier alpha value is -0.300. The molecule has 0 fully saturated rings. The molecule has 1 nitrogen and oxygen atoms in total. The average Bonchev–Trinajstić information content (AvgIpc) is 1.68. The van der Waals surface area contributed by atoms with Crippen LogP contribution in [0.2, 0.25) is 0 Å². The van der Waals surface area contributed by atoms with Crippen LogP contribution in [-0.2, 0) is 5.11 Å². The fourth-order valence-corrected chi connectivity index (χ4v) is 0.612. The van der Waals surface area contributed by atoms with Gasteiger partial charge in [0.1, 0.15) is 0 Å². The van der Waals surface area contributed by atoms with Gasteiger partial charge in [-0.25, -0.2) is 5.11 Å². The van der Waals surface area contributed by atoms with E-state index in [1.54, 1.807) is 0 Å². The zero-order valence-corrected chi connectivity index (χ0v) is 5.61. The summed E-state index contributed by atoms with van der Waals surface area (Å²) >= 11 is 0. The predicted molar refractivity (Wildman–Crippen MR) is 34.2 cm³/mol. The van der Waals surface area contributed by atoms with E-state index < -0.39 is 0 Å². The molecule has 0 N–H and O–H groups in total. The highest BCUT2D eigenvalue weighted by Crippen LogP contribution is 1.98. The maximum atomic E-state index is 9.97. The van der Waals surface area contributed by atoms with Gasteiger partial charge in [-0.05, 0) is 19.8 Å². The molecular formula is C7H13O. The van der Waals surface area contributed by atoms with Crippen LogP contribution in [0.3, 0.4) is 0 Å². The normalized spacial score (nSPS) is 12.1. The molecule has 0 bridgehead atoms. The summed E-state index contributed by atoms with van der Waals surface area (Å²) in [6, 6.07) is 0. The SMILES string of the molecule is CCC=C(C)CC[O]. The number of rotatable bonds is 3. The highest BCUT2D eigenvalue weighted by molar-refractivity contribution is 4.96. The molecule has 0 spiro atoms. The van der Waals surface area contributed by atoms with Crippen LogP contribution < -0.4 is 0 Å². The Balaban J connectivity index is 3.29. The van der Waals surface area contributed by atoms with Gasteiger partial charge in [-0.3, -0.25) is 0 Å². The van der Waals surface area contributed by atoms with Crippen LogP contribution >= 0.6 is 0 Å². The van der Waals surface area contributed by atoms with Gasteiger partial charge in [-0.15, -0.1) is 0 Å². The van der Waals surface area contributed by atoms with Crippen LogP contribution in [0.5, 0.6) is 0 Å². The fraction of sp³-hybridized carbons (Fsp3) is 0.714. The first-order valence-electron chi connectivity index (χ1n) is 3.05. The highest BCUT2D eigenvalue weighted by Gasteiger charge is 1.84. The van der Waals surface area contributed by atoms with Crippen molar-refractivity contribution in [2.75, 3.05) is 6.61 Å². The molecule has 0 aliphatic heterocycles. The van der Waals surface area contributed by atoms with Gasteiger partial charge in [0.2, 0.25) is 0 Å². The summed E-state index contributed by atoms with van der Waals surface area (Å²) in [6.45, 7) is 4.11. The predicted octanol–water partition coefficient (Wildman–Crippen LogP) is 2.16. The second-order valence-corrected chi connectivity index (χ2v) is 1.91.